The Morgan fingerprint density at radius 1 is 1.00 bits per heavy atom. The maximum Gasteiger partial charge on any atom is 0.322 e. The third kappa shape index (κ3) is 4.44. The highest BCUT2D eigenvalue weighted by molar-refractivity contribution is 5.89. The van der Waals surface area contributed by atoms with Gasteiger partial charge in [0.2, 0.25) is 0 Å². The monoisotopic (exact) mass is 454 g/mol. The molecule has 1 unspecified atom stereocenters. The number of para-hydroxylation sites is 1. The zero-order valence-electron chi connectivity index (χ0n) is 20.3. The predicted molar refractivity (Wildman–Crippen MR) is 138 cm³/mol. The van der Waals surface area contributed by atoms with E-state index in [1.54, 1.807) is 22.6 Å². The summed E-state index contributed by atoms with van der Waals surface area (Å²) in [7, 11) is 1.74. The topological polar surface area (TPSA) is 67.2 Å². The number of fused-ring (bicyclic) bond motifs is 1. The summed E-state index contributed by atoms with van der Waals surface area (Å²) in [5.74, 6) is 0.542. The number of nitrogens with one attached hydrogen (secondary N) is 1. The van der Waals surface area contributed by atoms with Crippen LogP contribution < -0.4 is 10.9 Å². The Kier molecular flexibility index (Phi) is 6.50. The number of benzene rings is 3. The lowest BCUT2D eigenvalue weighted by Gasteiger charge is -2.29. The fourth-order valence-corrected chi connectivity index (χ4v) is 4.37. The predicted octanol–water partition coefficient (Wildman–Crippen LogP) is 5.93. The van der Waals surface area contributed by atoms with Crippen molar-refractivity contribution >= 4 is 22.6 Å². The minimum atomic E-state index is -0.414. The van der Waals surface area contributed by atoms with Crippen molar-refractivity contribution < 1.29 is 4.79 Å². The summed E-state index contributed by atoms with van der Waals surface area (Å²) in [5, 5.41) is 3.52. The first-order valence-electron chi connectivity index (χ1n) is 11.5. The summed E-state index contributed by atoms with van der Waals surface area (Å²) >= 11 is 0. The second kappa shape index (κ2) is 9.51. The first kappa shape index (κ1) is 23.2. The number of amides is 2. The van der Waals surface area contributed by atoms with Crippen LogP contribution in [0, 0.1) is 20.8 Å². The van der Waals surface area contributed by atoms with E-state index in [0.717, 1.165) is 28.1 Å². The Labute approximate surface area is 199 Å². The van der Waals surface area contributed by atoms with Gasteiger partial charge in [0.15, 0.2) is 0 Å². The maximum atomic E-state index is 13.7. The van der Waals surface area contributed by atoms with Crippen LogP contribution in [0.3, 0.4) is 0 Å². The molecule has 6 nitrogen and oxygen atoms in total. The highest BCUT2D eigenvalue weighted by atomic mass is 16.2. The number of hydrogen-bond donors (Lipinski definition) is 1. The molecule has 0 aliphatic carbocycles. The van der Waals surface area contributed by atoms with Gasteiger partial charge in [-0.2, -0.15) is 0 Å². The van der Waals surface area contributed by atoms with Crippen molar-refractivity contribution in [2.24, 2.45) is 0 Å². The molecule has 0 bridgehead atoms. The third-order valence-electron chi connectivity index (χ3n) is 6.14. The van der Waals surface area contributed by atoms with E-state index in [-0.39, 0.29) is 11.6 Å². The van der Waals surface area contributed by atoms with E-state index in [2.05, 4.69) is 11.4 Å². The summed E-state index contributed by atoms with van der Waals surface area (Å²) in [4.78, 5) is 33.5. The summed E-state index contributed by atoms with van der Waals surface area (Å²) in [6.07, 6.45) is 0.591. The number of nitrogens with zero attached hydrogens (tertiary/aromatic N) is 3. The molecular formula is C28H30N4O2. The number of carbonyl (C=O) groups is 1. The first-order chi connectivity index (χ1) is 16.3. The lowest BCUT2D eigenvalue weighted by molar-refractivity contribution is 0.199. The van der Waals surface area contributed by atoms with Crippen LogP contribution >= 0.6 is 0 Å². The van der Waals surface area contributed by atoms with Gasteiger partial charge in [-0.3, -0.25) is 9.36 Å². The molecule has 0 aliphatic heterocycles. The Morgan fingerprint density at radius 2 is 1.74 bits per heavy atom. The molecule has 4 aromatic rings. The molecule has 1 heterocycles. The van der Waals surface area contributed by atoms with E-state index >= 15 is 0 Å². The van der Waals surface area contributed by atoms with Gasteiger partial charge in [-0.15, -0.1) is 0 Å². The Balaban J connectivity index is 1.85. The molecule has 0 saturated carbocycles. The average Bonchev–Trinajstić information content (AvgIpc) is 2.80. The van der Waals surface area contributed by atoms with Crippen LogP contribution in [-0.2, 0) is 0 Å². The summed E-state index contributed by atoms with van der Waals surface area (Å²) in [6.45, 7) is 7.99. The van der Waals surface area contributed by atoms with Crippen molar-refractivity contribution in [3.8, 4) is 5.69 Å². The number of hydrogen-bond acceptors (Lipinski definition) is 3. The van der Waals surface area contributed by atoms with Crippen LogP contribution in [0.15, 0.2) is 71.5 Å². The summed E-state index contributed by atoms with van der Waals surface area (Å²) in [6, 6.07) is 20.3. The SMILES string of the molecule is CCC(c1nc2ccccc2c(=O)n1-c1ccc(C)cc1C)N(C)C(=O)Nc1cccc(C)c1. The number of rotatable bonds is 5. The minimum absolute atomic E-state index is 0.140. The molecule has 4 rings (SSSR count). The number of carbonyl (C=O) groups excluding carboxylic acids is 1. The van der Waals surface area contributed by atoms with Gasteiger partial charge < -0.3 is 10.2 Å². The van der Waals surface area contributed by atoms with Gasteiger partial charge in [0.05, 0.1) is 22.6 Å². The summed E-state index contributed by atoms with van der Waals surface area (Å²) in [5.41, 5.74) is 5.13. The van der Waals surface area contributed by atoms with Gasteiger partial charge in [-0.05, 0) is 68.7 Å². The van der Waals surface area contributed by atoms with Crippen LogP contribution in [0.4, 0.5) is 10.5 Å². The van der Waals surface area contributed by atoms with Gasteiger partial charge in [-0.1, -0.05) is 48.9 Å². The minimum Gasteiger partial charge on any atom is -0.317 e. The molecule has 1 aromatic heterocycles. The van der Waals surface area contributed by atoms with Crippen LogP contribution in [0.1, 0.15) is 41.9 Å². The van der Waals surface area contributed by atoms with Crippen molar-refractivity contribution in [2.75, 3.05) is 12.4 Å². The average molecular weight is 455 g/mol. The molecule has 6 heteroatoms. The van der Waals surface area contributed by atoms with Crippen molar-refractivity contribution in [3.63, 3.8) is 0 Å². The van der Waals surface area contributed by atoms with Crippen LogP contribution in [-0.4, -0.2) is 27.5 Å². The zero-order chi connectivity index (χ0) is 24.4. The quantitative estimate of drug-likeness (QED) is 0.407. The van der Waals surface area contributed by atoms with Gasteiger partial charge >= 0.3 is 6.03 Å². The number of aryl methyl sites for hydroxylation is 3. The van der Waals surface area contributed by atoms with E-state index in [9.17, 15) is 9.59 Å². The van der Waals surface area contributed by atoms with Gasteiger partial charge in [-0.25, -0.2) is 9.78 Å². The fraction of sp³-hybridized carbons (Fsp3) is 0.250. The van der Waals surface area contributed by atoms with Gasteiger partial charge in [0.1, 0.15) is 5.82 Å². The molecule has 3 aromatic carbocycles. The second-order valence-corrected chi connectivity index (χ2v) is 8.75. The van der Waals surface area contributed by atoms with E-state index < -0.39 is 6.04 Å². The highest BCUT2D eigenvalue weighted by Crippen LogP contribution is 2.27. The molecule has 0 saturated heterocycles. The number of aromatic nitrogens is 2. The number of anilines is 1. The van der Waals surface area contributed by atoms with Crippen molar-refractivity contribution in [1.82, 2.24) is 14.5 Å². The second-order valence-electron chi connectivity index (χ2n) is 8.75. The van der Waals surface area contributed by atoms with Crippen molar-refractivity contribution in [2.45, 2.75) is 40.2 Å². The molecular weight excluding hydrogens is 424 g/mol. The molecule has 0 fully saturated rings. The van der Waals surface area contributed by atoms with Crippen LogP contribution in [0.25, 0.3) is 16.6 Å². The van der Waals surface area contributed by atoms with Crippen LogP contribution in [0.2, 0.25) is 0 Å². The molecule has 174 valence electrons. The van der Waals surface area contributed by atoms with Crippen LogP contribution in [0.5, 0.6) is 0 Å². The Morgan fingerprint density at radius 3 is 2.44 bits per heavy atom. The molecule has 0 spiro atoms. The van der Waals surface area contributed by atoms with Crippen molar-refractivity contribution in [3.05, 3.63) is 99.6 Å². The lowest BCUT2D eigenvalue weighted by Crippen LogP contribution is -2.38. The Hall–Kier alpha value is -3.93. The zero-order valence-corrected chi connectivity index (χ0v) is 20.3. The first-order valence-corrected chi connectivity index (χ1v) is 11.5. The standard InChI is InChI=1S/C28H30N4O2/c1-6-24(31(5)28(34)29-21-11-9-10-18(2)17-21)26-30-23-13-8-7-12-22(23)27(33)32(26)25-15-14-19(3)16-20(25)4/h7-17,24H,6H2,1-5H3,(H,29,34). The lowest BCUT2D eigenvalue weighted by atomic mass is 10.1. The van der Waals surface area contributed by atoms with Crippen molar-refractivity contribution in [1.29, 1.82) is 0 Å². The molecule has 1 atom stereocenters. The Bertz CT molecular complexity index is 1420. The van der Waals surface area contributed by atoms with E-state index in [4.69, 9.17) is 4.98 Å². The molecule has 0 radical (unpaired) electrons. The fourth-order valence-electron chi connectivity index (χ4n) is 4.37. The largest absolute Gasteiger partial charge is 0.322 e. The van der Waals surface area contributed by atoms with E-state index in [1.165, 1.54) is 0 Å². The van der Waals surface area contributed by atoms with E-state index in [0.29, 0.717) is 23.1 Å². The van der Waals surface area contributed by atoms with Gasteiger partial charge in [0, 0.05) is 12.7 Å². The molecule has 0 aliphatic rings. The third-order valence-corrected chi connectivity index (χ3v) is 6.14. The molecule has 34 heavy (non-hydrogen) atoms. The maximum absolute atomic E-state index is 13.7. The smallest absolute Gasteiger partial charge is 0.317 e. The number of urea groups is 1. The van der Waals surface area contributed by atoms with Gasteiger partial charge in [0.25, 0.3) is 5.56 Å². The van der Waals surface area contributed by atoms with E-state index in [1.807, 2.05) is 82.3 Å². The highest BCUT2D eigenvalue weighted by Gasteiger charge is 2.27. The molecule has 1 N–H and O–H groups in total. The molecule has 2 amide bonds. The summed E-state index contributed by atoms with van der Waals surface area (Å²) < 4.78 is 1.67. The normalized spacial score (nSPS) is 11.9.